The second kappa shape index (κ2) is 5.56. The SMILES string of the molecule is Cn1ccc(COc2ccc(Br)cc2CCl)n1. The van der Waals surface area contributed by atoms with Crippen LogP contribution in [-0.2, 0) is 19.5 Å². The Morgan fingerprint density at radius 2 is 2.24 bits per heavy atom. The minimum Gasteiger partial charge on any atom is -0.487 e. The minimum atomic E-state index is 0.428. The molecular formula is C12H12BrClN2O. The summed E-state index contributed by atoms with van der Waals surface area (Å²) in [6.45, 7) is 0.451. The molecule has 0 amide bonds. The van der Waals surface area contributed by atoms with Crippen molar-refractivity contribution in [3.63, 3.8) is 0 Å². The van der Waals surface area contributed by atoms with Crippen LogP contribution >= 0.6 is 27.5 Å². The molecule has 0 aliphatic carbocycles. The molecule has 17 heavy (non-hydrogen) atoms. The van der Waals surface area contributed by atoms with E-state index in [4.69, 9.17) is 16.3 Å². The Kier molecular flexibility index (Phi) is 4.07. The van der Waals surface area contributed by atoms with Crippen LogP contribution < -0.4 is 4.74 Å². The Morgan fingerprint density at radius 1 is 1.41 bits per heavy atom. The van der Waals surface area contributed by atoms with E-state index in [1.54, 1.807) is 4.68 Å². The third-order valence-corrected chi connectivity index (χ3v) is 3.09. The average Bonchev–Trinajstić information content (AvgIpc) is 2.73. The molecule has 0 spiro atoms. The maximum atomic E-state index is 5.87. The number of hydrogen-bond acceptors (Lipinski definition) is 2. The molecule has 2 aromatic rings. The van der Waals surface area contributed by atoms with Crippen LogP contribution in [0.2, 0.25) is 0 Å². The summed E-state index contributed by atoms with van der Waals surface area (Å²) in [6, 6.07) is 7.73. The van der Waals surface area contributed by atoms with Crippen molar-refractivity contribution in [3.8, 4) is 5.75 Å². The van der Waals surface area contributed by atoms with E-state index in [-0.39, 0.29) is 0 Å². The Balaban J connectivity index is 2.08. The minimum absolute atomic E-state index is 0.428. The second-order valence-corrected chi connectivity index (χ2v) is 4.84. The van der Waals surface area contributed by atoms with Crippen molar-refractivity contribution in [1.82, 2.24) is 9.78 Å². The zero-order valence-corrected chi connectivity index (χ0v) is 11.7. The van der Waals surface area contributed by atoms with E-state index in [0.29, 0.717) is 12.5 Å². The molecule has 0 aliphatic rings. The molecule has 0 saturated heterocycles. The number of alkyl halides is 1. The third-order valence-electron chi connectivity index (χ3n) is 2.31. The van der Waals surface area contributed by atoms with Crippen LogP contribution in [0.25, 0.3) is 0 Å². The van der Waals surface area contributed by atoms with E-state index >= 15 is 0 Å². The van der Waals surface area contributed by atoms with Gasteiger partial charge in [-0.1, -0.05) is 15.9 Å². The molecule has 0 unspecified atom stereocenters. The number of aromatic nitrogens is 2. The molecule has 0 aliphatic heterocycles. The van der Waals surface area contributed by atoms with Crippen molar-refractivity contribution < 1.29 is 4.74 Å². The Hall–Kier alpha value is -1.00. The molecule has 0 radical (unpaired) electrons. The highest BCUT2D eigenvalue weighted by Crippen LogP contribution is 2.25. The van der Waals surface area contributed by atoms with Crippen LogP contribution in [0.15, 0.2) is 34.9 Å². The van der Waals surface area contributed by atoms with Crippen LogP contribution in [0.4, 0.5) is 0 Å². The first-order valence-electron chi connectivity index (χ1n) is 5.15. The van der Waals surface area contributed by atoms with Gasteiger partial charge in [-0.05, 0) is 24.3 Å². The lowest BCUT2D eigenvalue weighted by atomic mass is 10.2. The summed E-state index contributed by atoms with van der Waals surface area (Å²) < 4.78 is 8.45. The van der Waals surface area contributed by atoms with Crippen molar-refractivity contribution in [3.05, 3.63) is 46.2 Å². The highest BCUT2D eigenvalue weighted by Gasteiger charge is 2.05. The van der Waals surface area contributed by atoms with E-state index in [1.807, 2.05) is 37.5 Å². The molecule has 2 rings (SSSR count). The van der Waals surface area contributed by atoms with Crippen LogP contribution in [0, 0.1) is 0 Å². The Morgan fingerprint density at radius 3 is 2.88 bits per heavy atom. The standard InChI is InChI=1S/C12H12BrClN2O/c1-16-5-4-11(15-16)8-17-12-3-2-10(13)6-9(12)7-14/h2-6H,7-8H2,1H3. The van der Waals surface area contributed by atoms with Crippen LogP contribution in [0.1, 0.15) is 11.3 Å². The van der Waals surface area contributed by atoms with Crippen molar-refractivity contribution in [2.24, 2.45) is 7.05 Å². The predicted molar refractivity (Wildman–Crippen MR) is 71.2 cm³/mol. The summed E-state index contributed by atoms with van der Waals surface area (Å²) in [7, 11) is 1.88. The first-order valence-corrected chi connectivity index (χ1v) is 6.47. The summed E-state index contributed by atoms with van der Waals surface area (Å²) in [4.78, 5) is 0. The number of halogens is 2. The number of rotatable bonds is 4. The highest BCUT2D eigenvalue weighted by molar-refractivity contribution is 9.10. The van der Waals surface area contributed by atoms with Gasteiger partial charge in [-0.3, -0.25) is 4.68 Å². The molecule has 0 N–H and O–H groups in total. The molecule has 1 heterocycles. The average molecular weight is 316 g/mol. The fourth-order valence-electron chi connectivity index (χ4n) is 1.49. The molecule has 0 saturated carbocycles. The van der Waals surface area contributed by atoms with Crippen LogP contribution in [0.3, 0.4) is 0 Å². The maximum Gasteiger partial charge on any atom is 0.132 e. The Labute approximate surface area is 113 Å². The van der Waals surface area contributed by atoms with Gasteiger partial charge in [0.25, 0.3) is 0 Å². The molecule has 5 heteroatoms. The zero-order chi connectivity index (χ0) is 12.3. The molecule has 0 fully saturated rings. The first kappa shape index (κ1) is 12.5. The summed E-state index contributed by atoms with van der Waals surface area (Å²) >= 11 is 9.28. The van der Waals surface area contributed by atoms with E-state index in [2.05, 4.69) is 21.0 Å². The largest absolute Gasteiger partial charge is 0.487 e. The normalized spacial score (nSPS) is 10.5. The quantitative estimate of drug-likeness (QED) is 0.808. The van der Waals surface area contributed by atoms with Crippen LogP contribution in [0.5, 0.6) is 5.75 Å². The summed E-state index contributed by atoms with van der Waals surface area (Å²) in [6.07, 6.45) is 1.89. The predicted octanol–water partition coefficient (Wildman–Crippen LogP) is 3.50. The zero-order valence-electron chi connectivity index (χ0n) is 9.36. The van der Waals surface area contributed by atoms with E-state index in [9.17, 15) is 0 Å². The molecule has 1 aromatic carbocycles. The summed E-state index contributed by atoms with van der Waals surface area (Å²) in [5.41, 5.74) is 1.87. The van der Waals surface area contributed by atoms with Crippen molar-refractivity contribution in [2.45, 2.75) is 12.5 Å². The van der Waals surface area contributed by atoms with Crippen molar-refractivity contribution in [1.29, 1.82) is 0 Å². The lowest BCUT2D eigenvalue weighted by Crippen LogP contribution is -1.99. The van der Waals surface area contributed by atoms with Crippen LogP contribution in [-0.4, -0.2) is 9.78 Å². The van der Waals surface area contributed by atoms with Gasteiger partial charge in [0.2, 0.25) is 0 Å². The monoisotopic (exact) mass is 314 g/mol. The number of ether oxygens (including phenoxy) is 1. The smallest absolute Gasteiger partial charge is 0.132 e. The molecule has 90 valence electrons. The van der Waals surface area contributed by atoms with Gasteiger partial charge in [0.05, 0.1) is 11.6 Å². The van der Waals surface area contributed by atoms with Crippen molar-refractivity contribution in [2.75, 3.05) is 0 Å². The number of hydrogen-bond donors (Lipinski definition) is 0. The fourth-order valence-corrected chi connectivity index (χ4v) is 2.10. The number of aryl methyl sites for hydroxylation is 1. The van der Waals surface area contributed by atoms with Gasteiger partial charge < -0.3 is 4.74 Å². The molecule has 1 aromatic heterocycles. The van der Waals surface area contributed by atoms with Gasteiger partial charge in [0, 0.05) is 23.3 Å². The second-order valence-electron chi connectivity index (χ2n) is 3.66. The van der Waals surface area contributed by atoms with Crippen molar-refractivity contribution >= 4 is 27.5 Å². The number of benzene rings is 1. The first-order chi connectivity index (χ1) is 8.19. The van der Waals surface area contributed by atoms with Gasteiger partial charge in [-0.25, -0.2) is 0 Å². The lowest BCUT2D eigenvalue weighted by Gasteiger charge is -2.09. The van der Waals surface area contributed by atoms with Gasteiger partial charge >= 0.3 is 0 Å². The summed E-state index contributed by atoms with van der Waals surface area (Å²) in [5.74, 6) is 1.23. The Bertz CT molecular complexity index is 513. The highest BCUT2D eigenvalue weighted by atomic mass is 79.9. The van der Waals surface area contributed by atoms with E-state index in [1.165, 1.54) is 0 Å². The number of nitrogens with zero attached hydrogens (tertiary/aromatic N) is 2. The van der Waals surface area contributed by atoms with Gasteiger partial charge in [0.1, 0.15) is 12.4 Å². The summed E-state index contributed by atoms with van der Waals surface area (Å²) in [5, 5.41) is 4.25. The van der Waals surface area contributed by atoms with Gasteiger partial charge in [-0.2, -0.15) is 5.10 Å². The van der Waals surface area contributed by atoms with E-state index < -0.39 is 0 Å². The topological polar surface area (TPSA) is 27.1 Å². The molecular weight excluding hydrogens is 304 g/mol. The molecule has 0 bridgehead atoms. The molecule has 3 nitrogen and oxygen atoms in total. The van der Waals surface area contributed by atoms with Gasteiger partial charge in [-0.15, -0.1) is 11.6 Å². The fraction of sp³-hybridized carbons (Fsp3) is 0.250. The van der Waals surface area contributed by atoms with E-state index in [0.717, 1.165) is 21.5 Å². The lowest BCUT2D eigenvalue weighted by molar-refractivity contribution is 0.297. The van der Waals surface area contributed by atoms with Gasteiger partial charge in [0.15, 0.2) is 0 Å². The maximum absolute atomic E-state index is 5.87. The molecule has 0 atom stereocenters. The third kappa shape index (κ3) is 3.23.